The molecule has 0 atom stereocenters. The highest BCUT2D eigenvalue weighted by atomic mass is 127. The molecule has 2 aromatic rings. The van der Waals surface area contributed by atoms with Crippen molar-refractivity contribution in [1.82, 2.24) is 16.0 Å². The minimum absolute atomic E-state index is 0. The van der Waals surface area contributed by atoms with Crippen molar-refractivity contribution in [2.24, 2.45) is 4.99 Å². The third kappa shape index (κ3) is 8.43. The van der Waals surface area contributed by atoms with Crippen LogP contribution >= 0.6 is 24.0 Å². The lowest BCUT2D eigenvalue weighted by molar-refractivity contribution is 0.0956. The van der Waals surface area contributed by atoms with Crippen LogP contribution in [0.15, 0.2) is 59.6 Å². The van der Waals surface area contributed by atoms with Crippen molar-refractivity contribution in [3.8, 4) is 0 Å². The van der Waals surface area contributed by atoms with Gasteiger partial charge in [0, 0.05) is 25.2 Å². The molecule has 2 rings (SSSR count). The second-order valence-electron chi connectivity index (χ2n) is 5.91. The SMILES string of the molecule is CCNC(=O)c1ccc(CN=C(NCC)NCCc2ccccc2)cc1.I. The van der Waals surface area contributed by atoms with Gasteiger partial charge in [-0.05, 0) is 43.5 Å². The van der Waals surface area contributed by atoms with Gasteiger partial charge < -0.3 is 16.0 Å². The smallest absolute Gasteiger partial charge is 0.251 e. The van der Waals surface area contributed by atoms with Gasteiger partial charge in [-0.1, -0.05) is 42.5 Å². The molecule has 0 radical (unpaired) electrons. The monoisotopic (exact) mass is 480 g/mol. The lowest BCUT2D eigenvalue weighted by atomic mass is 10.1. The van der Waals surface area contributed by atoms with Crippen LogP contribution in [0.4, 0.5) is 0 Å². The predicted octanol–water partition coefficient (Wildman–Crippen LogP) is 3.35. The highest BCUT2D eigenvalue weighted by molar-refractivity contribution is 14.0. The molecule has 0 aliphatic heterocycles. The molecule has 27 heavy (non-hydrogen) atoms. The second kappa shape index (κ2) is 13.1. The standard InChI is InChI=1S/C21H28N4O.HI/c1-3-22-20(26)19-12-10-18(11-13-19)16-25-21(23-4-2)24-15-14-17-8-6-5-7-9-17;/h5-13H,3-4,14-16H2,1-2H3,(H,22,26)(H2,23,24,25);1H. The third-order valence-corrected chi connectivity index (χ3v) is 3.87. The molecule has 0 aromatic heterocycles. The van der Waals surface area contributed by atoms with Gasteiger partial charge in [0.2, 0.25) is 0 Å². The van der Waals surface area contributed by atoms with Crippen LogP contribution < -0.4 is 16.0 Å². The minimum Gasteiger partial charge on any atom is -0.357 e. The van der Waals surface area contributed by atoms with Crippen molar-refractivity contribution in [1.29, 1.82) is 0 Å². The predicted molar refractivity (Wildman–Crippen MR) is 123 cm³/mol. The topological polar surface area (TPSA) is 65.5 Å². The molecular weight excluding hydrogens is 451 g/mol. The summed E-state index contributed by atoms with van der Waals surface area (Å²) in [6, 6.07) is 18.0. The van der Waals surface area contributed by atoms with Crippen molar-refractivity contribution in [2.45, 2.75) is 26.8 Å². The Bertz CT molecular complexity index is 702. The van der Waals surface area contributed by atoms with Crippen molar-refractivity contribution >= 4 is 35.8 Å². The van der Waals surface area contributed by atoms with Gasteiger partial charge in [-0.15, -0.1) is 24.0 Å². The van der Waals surface area contributed by atoms with E-state index in [1.54, 1.807) is 0 Å². The highest BCUT2D eigenvalue weighted by Gasteiger charge is 2.03. The van der Waals surface area contributed by atoms with E-state index in [9.17, 15) is 4.79 Å². The maximum Gasteiger partial charge on any atom is 0.251 e. The van der Waals surface area contributed by atoms with Crippen molar-refractivity contribution in [2.75, 3.05) is 19.6 Å². The van der Waals surface area contributed by atoms with E-state index in [0.717, 1.165) is 31.0 Å². The molecular formula is C21H29IN4O. The molecule has 0 saturated heterocycles. The number of hydrogen-bond acceptors (Lipinski definition) is 2. The summed E-state index contributed by atoms with van der Waals surface area (Å²) < 4.78 is 0. The van der Waals surface area contributed by atoms with Gasteiger partial charge in [0.15, 0.2) is 5.96 Å². The Balaban J connectivity index is 0.00000364. The van der Waals surface area contributed by atoms with Gasteiger partial charge in [0.1, 0.15) is 0 Å². The summed E-state index contributed by atoms with van der Waals surface area (Å²) in [4.78, 5) is 16.4. The van der Waals surface area contributed by atoms with Crippen LogP contribution in [0.3, 0.4) is 0 Å². The van der Waals surface area contributed by atoms with Crippen LogP contribution in [-0.2, 0) is 13.0 Å². The quantitative estimate of drug-likeness (QED) is 0.309. The highest BCUT2D eigenvalue weighted by Crippen LogP contribution is 2.06. The molecule has 2 aromatic carbocycles. The lowest BCUT2D eigenvalue weighted by Crippen LogP contribution is -2.38. The zero-order valence-corrected chi connectivity index (χ0v) is 18.3. The molecule has 0 unspecified atom stereocenters. The van der Waals surface area contributed by atoms with Crippen molar-refractivity contribution in [3.05, 3.63) is 71.3 Å². The number of nitrogens with one attached hydrogen (secondary N) is 3. The van der Waals surface area contributed by atoms with E-state index in [1.807, 2.05) is 37.3 Å². The number of carbonyl (C=O) groups is 1. The molecule has 0 aliphatic rings. The molecule has 146 valence electrons. The Morgan fingerprint density at radius 1 is 0.852 bits per heavy atom. The fourth-order valence-corrected chi connectivity index (χ4v) is 2.51. The van der Waals surface area contributed by atoms with Gasteiger partial charge in [-0.3, -0.25) is 4.79 Å². The summed E-state index contributed by atoms with van der Waals surface area (Å²) in [6.45, 7) is 6.80. The van der Waals surface area contributed by atoms with Gasteiger partial charge in [-0.25, -0.2) is 4.99 Å². The molecule has 0 heterocycles. The first-order chi connectivity index (χ1) is 12.7. The summed E-state index contributed by atoms with van der Waals surface area (Å²) in [5.41, 5.74) is 3.04. The lowest BCUT2D eigenvalue weighted by Gasteiger charge is -2.11. The average molecular weight is 480 g/mol. The molecule has 5 nitrogen and oxygen atoms in total. The number of carbonyl (C=O) groups excluding carboxylic acids is 1. The fraction of sp³-hybridized carbons (Fsp3) is 0.333. The Morgan fingerprint density at radius 2 is 1.52 bits per heavy atom. The van der Waals surface area contributed by atoms with E-state index in [-0.39, 0.29) is 29.9 Å². The van der Waals surface area contributed by atoms with Crippen LogP contribution in [0.2, 0.25) is 0 Å². The number of nitrogens with zero attached hydrogens (tertiary/aromatic N) is 1. The number of hydrogen-bond donors (Lipinski definition) is 3. The number of amides is 1. The molecule has 3 N–H and O–H groups in total. The Labute approximate surface area is 179 Å². The first-order valence-electron chi connectivity index (χ1n) is 9.16. The Hall–Kier alpha value is -2.09. The number of benzene rings is 2. The Morgan fingerprint density at radius 3 is 2.15 bits per heavy atom. The maximum absolute atomic E-state index is 11.8. The molecule has 0 saturated carbocycles. The normalized spacial score (nSPS) is 10.7. The number of guanidine groups is 1. The maximum atomic E-state index is 11.8. The van der Waals surface area contributed by atoms with Gasteiger partial charge in [0.05, 0.1) is 6.54 Å². The molecule has 0 aliphatic carbocycles. The summed E-state index contributed by atoms with van der Waals surface area (Å²) in [5, 5.41) is 9.42. The van der Waals surface area contributed by atoms with E-state index >= 15 is 0 Å². The summed E-state index contributed by atoms with van der Waals surface area (Å²) in [5.74, 6) is 0.759. The fourth-order valence-electron chi connectivity index (χ4n) is 2.51. The second-order valence-corrected chi connectivity index (χ2v) is 5.91. The van der Waals surface area contributed by atoms with Crippen LogP contribution in [-0.4, -0.2) is 31.5 Å². The molecule has 0 fully saturated rings. The van der Waals surface area contributed by atoms with Gasteiger partial charge in [0.25, 0.3) is 5.91 Å². The van der Waals surface area contributed by atoms with Crippen LogP contribution in [0.1, 0.15) is 35.3 Å². The Kier molecular flexibility index (Phi) is 11.2. The summed E-state index contributed by atoms with van der Waals surface area (Å²) in [7, 11) is 0. The molecule has 1 amide bonds. The zero-order chi connectivity index (χ0) is 18.6. The number of rotatable bonds is 8. The van der Waals surface area contributed by atoms with Crippen LogP contribution in [0, 0.1) is 0 Å². The van der Waals surface area contributed by atoms with E-state index in [2.05, 4.69) is 52.1 Å². The minimum atomic E-state index is -0.0431. The first-order valence-corrected chi connectivity index (χ1v) is 9.16. The number of halogens is 1. The summed E-state index contributed by atoms with van der Waals surface area (Å²) >= 11 is 0. The van der Waals surface area contributed by atoms with Crippen molar-refractivity contribution < 1.29 is 4.79 Å². The molecule has 6 heteroatoms. The average Bonchev–Trinajstić information content (AvgIpc) is 2.67. The van der Waals surface area contributed by atoms with E-state index in [0.29, 0.717) is 18.7 Å². The van der Waals surface area contributed by atoms with E-state index in [4.69, 9.17) is 0 Å². The number of aliphatic imine (C=N–C) groups is 1. The van der Waals surface area contributed by atoms with Crippen molar-refractivity contribution in [3.63, 3.8) is 0 Å². The zero-order valence-electron chi connectivity index (χ0n) is 16.0. The van der Waals surface area contributed by atoms with Crippen LogP contribution in [0.5, 0.6) is 0 Å². The van der Waals surface area contributed by atoms with Crippen LogP contribution in [0.25, 0.3) is 0 Å². The largest absolute Gasteiger partial charge is 0.357 e. The molecule has 0 spiro atoms. The first kappa shape index (κ1) is 23.0. The summed E-state index contributed by atoms with van der Waals surface area (Å²) in [6.07, 6.45) is 0.951. The van der Waals surface area contributed by atoms with E-state index < -0.39 is 0 Å². The van der Waals surface area contributed by atoms with E-state index in [1.165, 1.54) is 5.56 Å². The third-order valence-electron chi connectivity index (χ3n) is 3.87. The molecule has 0 bridgehead atoms. The van der Waals surface area contributed by atoms with Gasteiger partial charge >= 0.3 is 0 Å². The van der Waals surface area contributed by atoms with Gasteiger partial charge in [-0.2, -0.15) is 0 Å².